The number of nitrogens with zero attached hydrogens (tertiary/aromatic N) is 1. The summed E-state index contributed by atoms with van der Waals surface area (Å²) in [7, 11) is 0. The first kappa shape index (κ1) is 17.0. The molecule has 0 heterocycles. The van der Waals surface area contributed by atoms with Crippen molar-refractivity contribution >= 4 is 11.6 Å². The van der Waals surface area contributed by atoms with Crippen molar-refractivity contribution in [1.29, 1.82) is 5.26 Å². The molecule has 1 unspecified atom stereocenters. The molecule has 0 fully saturated rings. The van der Waals surface area contributed by atoms with E-state index in [0.29, 0.717) is 0 Å². The standard InChI is InChI=1S/C14H16F3N3O/c1-8(2)11(7-19)13(21)20-10-4-3-9(6-18)12(5-10)14(15,16)17/h3-5,8,11H,7,19H2,1-2H3,(H,20,21). The fourth-order valence-corrected chi connectivity index (χ4v) is 1.87. The summed E-state index contributed by atoms with van der Waals surface area (Å²) in [6, 6.07) is 4.53. The Hall–Kier alpha value is -2.07. The van der Waals surface area contributed by atoms with Crippen molar-refractivity contribution in [3.63, 3.8) is 0 Å². The first-order chi connectivity index (χ1) is 9.70. The molecular formula is C14H16F3N3O. The zero-order valence-electron chi connectivity index (χ0n) is 11.7. The Morgan fingerprint density at radius 2 is 2.05 bits per heavy atom. The zero-order valence-corrected chi connectivity index (χ0v) is 11.7. The van der Waals surface area contributed by atoms with Crippen LogP contribution in [0.3, 0.4) is 0 Å². The van der Waals surface area contributed by atoms with Gasteiger partial charge in [-0.3, -0.25) is 4.79 Å². The molecule has 7 heteroatoms. The number of benzene rings is 1. The van der Waals surface area contributed by atoms with Gasteiger partial charge in [-0.1, -0.05) is 13.8 Å². The summed E-state index contributed by atoms with van der Waals surface area (Å²) < 4.78 is 38.5. The zero-order chi connectivity index (χ0) is 16.2. The van der Waals surface area contributed by atoms with Crippen LogP contribution in [0.5, 0.6) is 0 Å². The molecular weight excluding hydrogens is 283 g/mol. The van der Waals surface area contributed by atoms with Crippen molar-refractivity contribution in [3.8, 4) is 6.07 Å². The predicted octanol–water partition coefficient (Wildman–Crippen LogP) is 2.75. The number of rotatable bonds is 4. The second-order valence-electron chi connectivity index (χ2n) is 4.95. The topological polar surface area (TPSA) is 78.9 Å². The Bertz CT molecular complexity index is 562. The van der Waals surface area contributed by atoms with Crippen molar-refractivity contribution in [2.75, 3.05) is 11.9 Å². The van der Waals surface area contributed by atoms with Crippen LogP contribution < -0.4 is 11.1 Å². The van der Waals surface area contributed by atoms with Crippen molar-refractivity contribution < 1.29 is 18.0 Å². The van der Waals surface area contributed by atoms with Crippen LogP contribution in [0.4, 0.5) is 18.9 Å². The molecule has 0 spiro atoms. The lowest BCUT2D eigenvalue weighted by atomic mass is 9.95. The summed E-state index contributed by atoms with van der Waals surface area (Å²) in [6.07, 6.45) is -4.66. The molecule has 0 saturated heterocycles. The van der Waals surface area contributed by atoms with Crippen LogP contribution in [0.15, 0.2) is 18.2 Å². The normalized spacial score (nSPS) is 12.9. The molecule has 21 heavy (non-hydrogen) atoms. The molecule has 0 aliphatic rings. The molecule has 0 aromatic heterocycles. The molecule has 4 nitrogen and oxygen atoms in total. The average molecular weight is 299 g/mol. The van der Waals surface area contributed by atoms with E-state index < -0.39 is 29.1 Å². The maximum atomic E-state index is 12.8. The number of carbonyl (C=O) groups excluding carboxylic acids is 1. The van der Waals surface area contributed by atoms with E-state index in [2.05, 4.69) is 5.32 Å². The number of hydrogen-bond acceptors (Lipinski definition) is 3. The van der Waals surface area contributed by atoms with Gasteiger partial charge in [0, 0.05) is 12.2 Å². The van der Waals surface area contributed by atoms with E-state index in [0.717, 1.165) is 12.1 Å². The van der Waals surface area contributed by atoms with E-state index in [1.165, 1.54) is 12.1 Å². The largest absolute Gasteiger partial charge is 0.417 e. The third kappa shape index (κ3) is 4.20. The minimum absolute atomic E-state index is 0.00887. The van der Waals surface area contributed by atoms with Crippen LogP contribution >= 0.6 is 0 Å². The molecule has 114 valence electrons. The fourth-order valence-electron chi connectivity index (χ4n) is 1.87. The van der Waals surface area contributed by atoms with Crippen LogP contribution in [0, 0.1) is 23.2 Å². The van der Waals surface area contributed by atoms with Gasteiger partial charge >= 0.3 is 6.18 Å². The maximum absolute atomic E-state index is 12.8. The van der Waals surface area contributed by atoms with Gasteiger partial charge in [0.1, 0.15) is 0 Å². The lowest BCUT2D eigenvalue weighted by molar-refractivity contribution is -0.137. The molecule has 3 N–H and O–H groups in total. The first-order valence-corrected chi connectivity index (χ1v) is 6.33. The Balaban J connectivity index is 3.06. The molecule has 1 amide bonds. The van der Waals surface area contributed by atoms with Gasteiger partial charge in [-0.05, 0) is 24.1 Å². The summed E-state index contributed by atoms with van der Waals surface area (Å²) in [6.45, 7) is 3.71. The summed E-state index contributed by atoms with van der Waals surface area (Å²) >= 11 is 0. The number of nitrogens with one attached hydrogen (secondary N) is 1. The quantitative estimate of drug-likeness (QED) is 0.897. The van der Waals surface area contributed by atoms with E-state index in [1.54, 1.807) is 13.8 Å². The van der Waals surface area contributed by atoms with Crippen molar-refractivity contribution in [1.82, 2.24) is 0 Å². The van der Waals surface area contributed by atoms with Crippen LogP contribution in [0.1, 0.15) is 25.0 Å². The lowest BCUT2D eigenvalue weighted by Gasteiger charge is -2.19. The number of nitriles is 1. The Morgan fingerprint density at radius 3 is 2.48 bits per heavy atom. The number of carbonyl (C=O) groups is 1. The Morgan fingerprint density at radius 1 is 1.43 bits per heavy atom. The molecule has 0 bridgehead atoms. The fraction of sp³-hybridized carbons (Fsp3) is 0.429. The highest BCUT2D eigenvalue weighted by atomic mass is 19.4. The second kappa shape index (κ2) is 6.59. The third-order valence-electron chi connectivity index (χ3n) is 3.11. The minimum atomic E-state index is -4.66. The van der Waals surface area contributed by atoms with Crippen molar-refractivity contribution in [3.05, 3.63) is 29.3 Å². The summed E-state index contributed by atoms with van der Waals surface area (Å²) in [4.78, 5) is 12.0. The molecule has 1 aromatic carbocycles. The van der Waals surface area contributed by atoms with Gasteiger partial charge in [-0.2, -0.15) is 18.4 Å². The lowest BCUT2D eigenvalue weighted by Crippen LogP contribution is -2.33. The van der Waals surface area contributed by atoms with Gasteiger partial charge in [-0.15, -0.1) is 0 Å². The molecule has 0 radical (unpaired) electrons. The highest BCUT2D eigenvalue weighted by molar-refractivity contribution is 5.93. The predicted molar refractivity (Wildman–Crippen MR) is 72.2 cm³/mol. The van der Waals surface area contributed by atoms with Gasteiger partial charge in [0.25, 0.3) is 0 Å². The van der Waals surface area contributed by atoms with E-state index in [1.807, 2.05) is 0 Å². The van der Waals surface area contributed by atoms with Gasteiger partial charge in [0.2, 0.25) is 5.91 Å². The first-order valence-electron chi connectivity index (χ1n) is 6.33. The third-order valence-corrected chi connectivity index (χ3v) is 3.11. The SMILES string of the molecule is CC(C)C(CN)C(=O)Nc1ccc(C#N)c(C(F)(F)F)c1. The molecule has 1 aromatic rings. The van der Waals surface area contributed by atoms with Crippen molar-refractivity contribution in [2.24, 2.45) is 17.6 Å². The molecule has 0 saturated carbocycles. The monoisotopic (exact) mass is 299 g/mol. The van der Waals surface area contributed by atoms with Gasteiger partial charge in [0.05, 0.1) is 23.1 Å². The second-order valence-corrected chi connectivity index (χ2v) is 4.95. The highest BCUT2D eigenvalue weighted by Crippen LogP contribution is 2.33. The Kier molecular flexibility index (Phi) is 5.33. The smallest absolute Gasteiger partial charge is 0.330 e. The number of amides is 1. The summed E-state index contributed by atoms with van der Waals surface area (Å²) in [5.41, 5.74) is 3.92. The van der Waals surface area contributed by atoms with Crippen molar-refractivity contribution in [2.45, 2.75) is 20.0 Å². The van der Waals surface area contributed by atoms with Gasteiger partial charge in [0.15, 0.2) is 0 Å². The molecule has 1 rings (SSSR count). The van der Waals surface area contributed by atoms with Crippen LogP contribution in [0.2, 0.25) is 0 Å². The van der Waals surface area contributed by atoms with Gasteiger partial charge < -0.3 is 11.1 Å². The van der Waals surface area contributed by atoms with Crippen LogP contribution in [-0.2, 0) is 11.0 Å². The molecule has 1 atom stereocenters. The van der Waals surface area contributed by atoms with E-state index in [4.69, 9.17) is 11.0 Å². The van der Waals surface area contributed by atoms with E-state index in [9.17, 15) is 18.0 Å². The van der Waals surface area contributed by atoms with Gasteiger partial charge in [-0.25, -0.2) is 0 Å². The minimum Gasteiger partial charge on any atom is -0.330 e. The average Bonchev–Trinajstić information content (AvgIpc) is 2.37. The number of hydrogen-bond donors (Lipinski definition) is 2. The Labute approximate surface area is 120 Å². The summed E-state index contributed by atoms with van der Waals surface area (Å²) in [5, 5.41) is 11.1. The van der Waals surface area contributed by atoms with Crippen LogP contribution in [-0.4, -0.2) is 12.5 Å². The molecule has 0 aliphatic carbocycles. The van der Waals surface area contributed by atoms with Crippen LogP contribution in [0.25, 0.3) is 0 Å². The van der Waals surface area contributed by atoms with E-state index >= 15 is 0 Å². The highest BCUT2D eigenvalue weighted by Gasteiger charge is 2.34. The number of halogens is 3. The molecule has 0 aliphatic heterocycles. The summed E-state index contributed by atoms with van der Waals surface area (Å²) in [5.74, 6) is -0.962. The maximum Gasteiger partial charge on any atom is 0.417 e. The number of anilines is 1. The number of nitrogens with two attached hydrogens (primary N) is 1. The number of alkyl halides is 3. The van der Waals surface area contributed by atoms with E-state index in [-0.39, 0.29) is 18.2 Å².